The van der Waals surface area contributed by atoms with Crippen molar-refractivity contribution in [3.63, 3.8) is 0 Å². The largest absolute Gasteiger partial charge is 0.353 e. The molecule has 100 valence electrons. The third-order valence-corrected chi connectivity index (χ3v) is 2.87. The molecule has 2 heterocycles. The Labute approximate surface area is 112 Å². The number of nitrogens with one attached hydrogen (secondary N) is 2. The van der Waals surface area contributed by atoms with Gasteiger partial charge >= 0.3 is 0 Å². The zero-order chi connectivity index (χ0) is 13.5. The molecule has 0 aliphatic rings. The molecule has 0 aliphatic carbocycles. The van der Waals surface area contributed by atoms with Crippen molar-refractivity contribution < 1.29 is 4.79 Å². The van der Waals surface area contributed by atoms with E-state index in [1.165, 1.54) is 0 Å². The van der Waals surface area contributed by atoms with Gasteiger partial charge in [-0.3, -0.25) is 14.9 Å². The van der Waals surface area contributed by atoms with Gasteiger partial charge in [-0.1, -0.05) is 6.07 Å². The van der Waals surface area contributed by atoms with Crippen molar-refractivity contribution in [2.75, 3.05) is 0 Å². The molecule has 0 saturated heterocycles. The van der Waals surface area contributed by atoms with Crippen LogP contribution in [0.15, 0.2) is 36.9 Å². The van der Waals surface area contributed by atoms with Crippen LogP contribution in [0.25, 0.3) is 0 Å². The highest BCUT2D eigenvalue weighted by Gasteiger charge is 2.08. The van der Waals surface area contributed by atoms with Gasteiger partial charge in [0.25, 0.3) is 0 Å². The summed E-state index contributed by atoms with van der Waals surface area (Å²) in [5.74, 6) is 0.0672. The number of carbonyl (C=O) groups is 1. The van der Waals surface area contributed by atoms with E-state index in [0.29, 0.717) is 12.8 Å². The number of aromatic nitrogens is 3. The van der Waals surface area contributed by atoms with Gasteiger partial charge in [0.2, 0.25) is 5.91 Å². The molecule has 0 saturated carbocycles. The van der Waals surface area contributed by atoms with Crippen molar-refractivity contribution in [2.24, 2.45) is 0 Å². The van der Waals surface area contributed by atoms with Gasteiger partial charge in [0.15, 0.2) is 0 Å². The number of hydrogen-bond acceptors (Lipinski definition) is 3. The predicted molar refractivity (Wildman–Crippen MR) is 72.5 cm³/mol. The fraction of sp³-hybridized carbons (Fsp3) is 0.357. The summed E-state index contributed by atoms with van der Waals surface area (Å²) in [4.78, 5) is 15.8. The normalized spacial score (nSPS) is 12.1. The van der Waals surface area contributed by atoms with Crippen molar-refractivity contribution in [1.29, 1.82) is 0 Å². The van der Waals surface area contributed by atoms with Crippen LogP contribution in [0.1, 0.15) is 24.5 Å². The zero-order valence-corrected chi connectivity index (χ0v) is 11.0. The second-order valence-electron chi connectivity index (χ2n) is 4.64. The van der Waals surface area contributed by atoms with Crippen LogP contribution in [0.3, 0.4) is 0 Å². The number of pyridine rings is 1. The zero-order valence-electron chi connectivity index (χ0n) is 11.0. The van der Waals surface area contributed by atoms with Gasteiger partial charge in [-0.05, 0) is 37.0 Å². The number of rotatable bonds is 6. The minimum absolute atomic E-state index is 0.0672. The quantitative estimate of drug-likeness (QED) is 0.824. The predicted octanol–water partition coefficient (Wildman–Crippen LogP) is 1.48. The molecular weight excluding hydrogens is 240 g/mol. The Morgan fingerprint density at radius 2 is 2.32 bits per heavy atom. The van der Waals surface area contributed by atoms with Crippen LogP contribution in [0.2, 0.25) is 0 Å². The molecule has 2 aromatic heterocycles. The summed E-state index contributed by atoms with van der Waals surface area (Å²) in [6, 6.07) is 4.03. The first-order chi connectivity index (χ1) is 9.24. The number of amides is 1. The van der Waals surface area contributed by atoms with Gasteiger partial charge < -0.3 is 5.32 Å². The van der Waals surface area contributed by atoms with Crippen LogP contribution in [0.5, 0.6) is 0 Å². The third kappa shape index (κ3) is 4.54. The molecule has 2 aromatic rings. The minimum Gasteiger partial charge on any atom is -0.353 e. The number of carbonyl (C=O) groups excluding carboxylic acids is 1. The average Bonchev–Trinajstić information content (AvgIpc) is 2.90. The number of aryl methyl sites for hydroxylation is 1. The van der Waals surface area contributed by atoms with Crippen LogP contribution in [0, 0.1) is 0 Å². The van der Waals surface area contributed by atoms with Gasteiger partial charge in [0, 0.05) is 31.1 Å². The molecule has 0 fully saturated rings. The summed E-state index contributed by atoms with van der Waals surface area (Å²) in [6.07, 6.45) is 9.12. The van der Waals surface area contributed by atoms with Crippen LogP contribution in [-0.4, -0.2) is 27.1 Å². The van der Waals surface area contributed by atoms with E-state index in [9.17, 15) is 4.79 Å². The number of H-pyrrole nitrogens is 1. The highest BCUT2D eigenvalue weighted by Crippen LogP contribution is 2.02. The van der Waals surface area contributed by atoms with Crippen LogP contribution < -0.4 is 5.32 Å². The molecule has 0 radical (unpaired) electrons. The van der Waals surface area contributed by atoms with Crippen LogP contribution >= 0.6 is 0 Å². The lowest BCUT2D eigenvalue weighted by Crippen LogP contribution is -2.34. The maximum atomic E-state index is 11.8. The van der Waals surface area contributed by atoms with Crippen molar-refractivity contribution in [2.45, 2.75) is 32.2 Å². The Morgan fingerprint density at radius 3 is 3.00 bits per heavy atom. The standard InChI is InChI=1S/C14H18N4O/c1-11(7-12-3-2-6-15-8-12)18-14(19)5-4-13-9-16-17-10-13/h2-3,6,8-11H,4-5,7H2,1H3,(H,16,17)(H,18,19). The molecular formula is C14H18N4O. The van der Waals surface area contributed by atoms with Crippen molar-refractivity contribution >= 4 is 5.91 Å². The van der Waals surface area contributed by atoms with E-state index in [4.69, 9.17) is 0 Å². The molecule has 0 aromatic carbocycles. The summed E-state index contributed by atoms with van der Waals surface area (Å²) in [6.45, 7) is 2.00. The maximum Gasteiger partial charge on any atom is 0.220 e. The summed E-state index contributed by atoms with van der Waals surface area (Å²) in [5.41, 5.74) is 2.18. The first-order valence-electron chi connectivity index (χ1n) is 6.40. The first kappa shape index (κ1) is 13.3. The van der Waals surface area contributed by atoms with E-state index >= 15 is 0 Å². The second kappa shape index (κ2) is 6.68. The topological polar surface area (TPSA) is 70.7 Å². The molecule has 0 spiro atoms. The lowest BCUT2D eigenvalue weighted by molar-refractivity contribution is -0.121. The first-order valence-corrected chi connectivity index (χ1v) is 6.40. The van der Waals surface area contributed by atoms with Crippen molar-refractivity contribution in [3.05, 3.63) is 48.0 Å². The molecule has 2 N–H and O–H groups in total. The molecule has 5 heteroatoms. The van der Waals surface area contributed by atoms with E-state index in [1.807, 2.05) is 31.5 Å². The van der Waals surface area contributed by atoms with Gasteiger partial charge in [-0.25, -0.2) is 0 Å². The van der Waals surface area contributed by atoms with Crippen molar-refractivity contribution in [1.82, 2.24) is 20.5 Å². The van der Waals surface area contributed by atoms with E-state index < -0.39 is 0 Å². The highest BCUT2D eigenvalue weighted by atomic mass is 16.1. The Balaban J connectivity index is 1.72. The Morgan fingerprint density at radius 1 is 1.42 bits per heavy atom. The molecule has 1 unspecified atom stereocenters. The molecule has 0 aliphatic heterocycles. The van der Waals surface area contributed by atoms with E-state index in [0.717, 1.165) is 17.5 Å². The Kier molecular flexibility index (Phi) is 4.66. The minimum atomic E-state index is 0.0672. The molecule has 5 nitrogen and oxygen atoms in total. The van der Waals surface area contributed by atoms with E-state index in [-0.39, 0.29) is 11.9 Å². The van der Waals surface area contributed by atoms with Gasteiger partial charge in [0.05, 0.1) is 6.20 Å². The SMILES string of the molecule is CC(Cc1cccnc1)NC(=O)CCc1cn[nH]c1. The maximum absolute atomic E-state index is 11.8. The van der Waals surface area contributed by atoms with Gasteiger partial charge in [0.1, 0.15) is 0 Å². The molecule has 1 amide bonds. The molecule has 2 rings (SSSR count). The summed E-state index contributed by atoms with van der Waals surface area (Å²) in [7, 11) is 0. The Hall–Kier alpha value is -2.17. The number of aromatic amines is 1. The smallest absolute Gasteiger partial charge is 0.220 e. The van der Waals surface area contributed by atoms with Gasteiger partial charge in [-0.15, -0.1) is 0 Å². The Bertz CT molecular complexity index is 495. The molecule has 0 bridgehead atoms. The van der Waals surface area contributed by atoms with Crippen molar-refractivity contribution in [3.8, 4) is 0 Å². The second-order valence-corrected chi connectivity index (χ2v) is 4.64. The lowest BCUT2D eigenvalue weighted by Gasteiger charge is -2.13. The fourth-order valence-electron chi connectivity index (χ4n) is 1.94. The van der Waals surface area contributed by atoms with Crippen LogP contribution in [0.4, 0.5) is 0 Å². The molecule has 1 atom stereocenters. The van der Waals surface area contributed by atoms with E-state index in [2.05, 4.69) is 20.5 Å². The highest BCUT2D eigenvalue weighted by molar-refractivity contribution is 5.76. The molecule has 19 heavy (non-hydrogen) atoms. The third-order valence-electron chi connectivity index (χ3n) is 2.87. The number of hydrogen-bond donors (Lipinski definition) is 2. The van der Waals surface area contributed by atoms with Crippen LogP contribution in [-0.2, 0) is 17.6 Å². The van der Waals surface area contributed by atoms with E-state index in [1.54, 1.807) is 12.4 Å². The fourth-order valence-corrected chi connectivity index (χ4v) is 1.94. The average molecular weight is 258 g/mol. The summed E-state index contributed by atoms with van der Waals surface area (Å²) < 4.78 is 0. The van der Waals surface area contributed by atoms with Gasteiger partial charge in [-0.2, -0.15) is 5.10 Å². The lowest BCUT2D eigenvalue weighted by atomic mass is 10.1. The summed E-state index contributed by atoms with van der Waals surface area (Å²) in [5, 5.41) is 9.58. The number of nitrogens with zero attached hydrogens (tertiary/aromatic N) is 2. The monoisotopic (exact) mass is 258 g/mol. The summed E-state index contributed by atoms with van der Waals surface area (Å²) >= 11 is 0.